The molecule has 0 aliphatic rings. The van der Waals surface area contributed by atoms with E-state index in [0.29, 0.717) is 0 Å². The van der Waals surface area contributed by atoms with Crippen LogP contribution in [-0.2, 0) is 19.5 Å². The molecule has 2 nitrogen and oxygen atoms in total. The van der Waals surface area contributed by atoms with Crippen LogP contribution < -0.4 is 4.57 Å². The van der Waals surface area contributed by atoms with Crippen LogP contribution >= 0.6 is 0 Å². The van der Waals surface area contributed by atoms with Crippen molar-refractivity contribution in [3.8, 4) is 0 Å². The van der Waals surface area contributed by atoms with Crippen LogP contribution in [0.4, 0.5) is 0 Å². The van der Waals surface area contributed by atoms with E-state index in [4.69, 9.17) is 0 Å². The van der Waals surface area contributed by atoms with E-state index >= 15 is 0 Å². The lowest BCUT2D eigenvalue weighted by atomic mass is 10.0. The predicted molar refractivity (Wildman–Crippen MR) is 156 cm³/mol. The van der Waals surface area contributed by atoms with Gasteiger partial charge < -0.3 is 0 Å². The molecule has 0 radical (unpaired) electrons. The van der Waals surface area contributed by atoms with E-state index in [1.807, 2.05) is 0 Å². The van der Waals surface area contributed by atoms with Gasteiger partial charge in [-0.05, 0) is 25.7 Å². The molecule has 1 aromatic rings. The summed E-state index contributed by atoms with van der Waals surface area (Å²) in [7, 11) is 0. The van der Waals surface area contributed by atoms with Crippen LogP contribution in [0.3, 0.4) is 0 Å². The number of rotatable bonds is 27. The molecule has 0 aliphatic heterocycles. The first-order chi connectivity index (χ1) is 17.3. The molecule has 0 saturated carbocycles. The van der Waals surface area contributed by atoms with Crippen LogP contribution in [0.25, 0.3) is 0 Å². The Kier molecular flexibility index (Phi) is 22.9. The summed E-state index contributed by atoms with van der Waals surface area (Å²) in [6.45, 7) is 9.34. The van der Waals surface area contributed by atoms with Crippen LogP contribution in [0.1, 0.15) is 181 Å². The second kappa shape index (κ2) is 24.9. The number of aryl methyl sites for hydroxylation is 2. The highest BCUT2D eigenvalue weighted by molar-refractivity contribution is 4.84. The van der Waals surface area contributed by atoms with Gasteiger partial charge in [0.1, 0.15) is 12.4 Å². The maximum Gasteiger partial charge on any atom is 0.256 e. The van der Waals surface area contributed by atoms with Gasteiger partial charge in [0.05, 0.1) is 13.1 Å². The van der Waals surface area contributed by atoms with Crippen LogP contribution in [0.5, 0.6) is 0 Å². The maximum atomic E-state index is 2.58. The smallest absolute Gasteiger partial charge is 0.234 e. The first-order valence-corrected chi connectivity index (χ1v) is 16.4. The van der Waals surface area contributed by atoms with E-state index in [1.54, 1.807) is 5.82 Å². The van der Waals surface area contributed by atoms with Gasteiger partial charge >= 0.3 is 0 Å². The molecule has 0 amide bonds. The molecular formula is C33H65N2+. The number of hydrogen-bond acceptors (Lipinski definition) is 0. The third-order valence-corrected chi connectivity index (χ3v) is 7.85. The minimum Gasteiger partial charge on any atom is -0.234 e. The maximum absolute atomic E-state index is 2.58. The Bertz CT molecular complexity index is 547. The Morgan fingerprint density at radius 1 is 0.486 bits per heavy atom. The predicted octanol–water partition coefficient (Wildman–Crippen LogP) is 10.7. The minimum atomic E-state index is 1.20. The minimum absolute atomic E-state index is 1.20. The molecule has 1 rings (SSSR count). The monoisotopic (exact) mass is 490 g/mol. The van der Waals surface area contributed by atoms with Crippen molar-refractivity contribution in [3.05, 3.63) is 18.2 Å². The molecule has 1 heterocycles. The fourth-order valence-electron chi connectivity index (χ4n) is 5.41. The Hall–Kier alpha value is -0.790. The summed E-state index contributed by atoms with van der Waals surface area (Å²) in [4.78, 5) is 0. The van der Waals surface area contributed by atoms with Gasteiger partial charge in [-0.25, -0.2) is 9.13 Å². The van der Waals surface area contributed by atoms with Gasteiger partial charge in [0.15, 0.2) is 0 Å². The molecule has 0 bridgehead atoms. The van der Waals surface area contributed by atoms with E-state index in [9.17, 15) is 0 Å². The van der Waals surface area contributed by atoms with E-state index in [0.717, 1.165) is 0 Å². The van der Waals surface area contributed by atoms with Gasteiger partial charge in [-0.1, -0.05) is 149 Å². The average Bonchev–Trinajstić information content (AvgIpc) is 3.25. The van der Waals surface area contributed by atoms with Crippen molar-refractivity contribution in [2.45, 2.75) is 194 Å². The second-order valence-electron chi connectivity index (χ2n) is 11.3. The topological polar surface area (TPSA) is 8.81 Å². The zero-order valence-corrected chi connectivity index (χ0v) is 24.6. The summed E-state index contributed by atoms with van der Waals surface area (Å²) >= 11 is 0. The summed E-state index contributed by atoms with van der Waals surface area (Å²) in [6, 6.07) is 0. The fraction of sp³-hybridized carbons (Fsp3) is 0.909. The molecule has 0 aliphatic carbocycles. The van der Waals surface area contributed by atoms with Crippen molar-refractivity contribution in [2.75, 3.05) is 0 Å². The zero-order chi connectivity index (χ0) is 25.2. The first kappa shape index (κ1) is 32.2. The molecule has 206 valence electrons. The van der Waals surface area contributed by atoms with Crippen LogP contribution in [0.2, 0.25) is 0 Å². The SMILES string of the molecule is CCCCCCCCCCCCCCCCCCC[n+]1ccn(CCCC)c1CCCCCCC. The standard InChI is InChI=1S/C33H65N2/c1-4-7-10-12-13-14-15-16-17-18-19-20-21-22-23-25-27-30-35-32-31-34(29-9-6-3)33(35)28-26-24-11-8-5-2/h31-32H,4-30H2,1-3H3/q+1. The van der Waals surface area contributed by atoms with Gasteiger partial charge in [0.25, 0.3) is 5.82 Å². The van der Waals surface area contributed by atoms with Crippen molar-refractivity contribution in [2.24, 2.45) is 0 Å². The molecule has 0 atom stereocenters. The second-order valence-corrected chi connectivity index (χ2v) is 11.3. The molecular weight excluding hydrogens is 424 g/mol. The third kappa shape index (κ3) is 18.2. The summed E-state index contributed by atoms with van der Waals surface area (Å²) in [5.74, 6) is 1.59. The fourth-order valence-corrected chi connectivity index (χ4v) is 5.41. The molecule has 1 aromatic heterocycles. The Balaban J connectivity index is 2.03. The summed E-state index contributed by atoms with van der Waals surface area (Å²) in [5.41, 5.74) is 0. The van der Waals surface area contributed by atoms with Gasteiger partial charge in [0.2, 0.25) is 0 Å². The molecule has 0 unspecified atom stereocenters. The van der Waals surface area contributed by atoms with Crippen LogP contribution in [0.15, 0.2) is 12.4 Å². The van der Waals surface area contributed by atoms with Gasteiger partial charge in [-0.2, -0.15) is 0 Å². The van der Waals surface area contributed by atoms with Gasteiger partial charge in [-0.3, -0.25) is 0 Å². The Morgan fingerprint density at radius 2 is 0.886 bits per heavy atom. The molecule has 2 heteroatoms. The normalized spacial score (nSPS) is 11.5. The third-order valence-electron chi connectivity index (χ3n) is 7.85. The lowest BCUT2D eigenvalue weighted by Crippen LogP contribution is -2.37. The van der Waals surface area contributed by atoms with E-state index in [1.165, 1.54) is 174 Å². The summed E-state index contributed by atoms with van der Waals surface area (Å²) < 4.78 is 5.14. The summed E-state index contributed by atoms with van der Waals surface area (Å²) in [5, 5.41) is 0. The summed E-state index contributed by atoms with van der Waals surface area (Å²) in [6.07, 6.45) is 40.1. The highest BCUT2D eigenvalue weighted by Gasteiger charge is 2.16. The number of aromatic nitrogens is 2. The highest BCUT2D eigenvalue weighted by Crippen LogP contribution is 2.14. The molecule has 0 fully saturated rings. The highest BCUT2D eigenvalue weighted by atomic mass is 15.1. The average molecular weight is 490 g/mol. The van der Waals surface area contributed by atoms with E-state index in [-0.39, 0.29) is 0 Å². The molecule has 0 spiro atoms. The quantitative estimate of drug-likeness (QED) is 0.0858. The van der Waals surface area contributed by atoms with Gasteiger partial charge in [-0.15, -0.1) is 0 Å². The van der Waals surface area contributed by atoms with E-state index < -0.39 is 0 Å². The number of unbranched alkanes of at least 4 members (excludes halogenated alkanes) is 21. The zero-order valence-electron chi connectivity index (χ0n) is 24.6. The Morgan fingerprint density at radius 3 is 1.34 bits per heavy atom. The van der Waals surface area contributed by atoms with Gasteiger partial charge in [0, 0.05) is 6.42 Å². The van der Waals surface area contributed by atoms with Crippen molar-refractivity contribution >= 4 is 0 Å². The lowest BCUT2D eigenvalue weighted by Gasteiger charge is -2.06. The Labute approximate surface area is 221 Å². The number of nitrogens with zero attached hydrogens (tertiary/aromatic N) is 2. The van der Waals surface area contributed by atoms with E-state index in [2.05, 4.69) is 42.3 Å². The molecule has 0 aromatic carbocycles. The van der Waals surface area contributed by atoms with Crippen LogP contribution in [0, 0.1) is 0 Å². The lowest BCUT2D eigenvalue weighted by molar-refractivity contribution is -0.704. The molecule has 0 saturated heterocycles. The first-order valence-electron chi connectivity index (χ1n) is 16.4. The molecule has 35 heavy (non-hydrogen) atoms. The number of hydrogen-bond donors (Lipinski definition) is 0. The van der Waals surface area contributed by atoms with Crippen molar-refractivity contribution < 1.29 is 4.57 Å². The molecule has 0 N–H and O–H groups in total. The van der Waals surface area contributed by atoms with Crippen LogP contribution in [-0.4, -0.2) is 4.57 Å². The van der Waals surface area contributed by atoms with Crippen molar-refractivity contribution in [1.29, 1.82) is 0 Å². The largest absolute Gasteiger partial charge is 0.256 e. The van der Waals surface area contributed by atoms with Crippen molar-refractivity contribution in [1.82, 2.24) is 4.57 Å². The van der Waals surface area contributed by atoms with Crippen molar-refractivity contribution in [3.63, 3.8) is 0 Å². The number of imidazole rings is 1.